The zero-order valence-electron chi connectivity index (χ0n) is 52.8. The predicted molar refractivity (Wildman–Crippen MR) is 368 cm³/mol. The number of hydrogen-bond acceptors (Lipinski definition) is 17. The molecule has 0 saturated carbocycles. The Bertz CT molecular complexity index is 4730. The molecule has 10 aromatic rings. The molecule has 4 aromatic carbocycles. The van der Waals surface area contributed by atoms with Gasteiger partial charge in [0, 0.05) is 102 Å². The van der Waals surface area contributed by atoms with Crippen LogP contribution in [0.3, 0.4) is 0 Å². The Kier molecular flexibility index (Phi) is 19.0. The Hall–Kier alpha value is -11.3. The van der Waals surface area contributed by atoms with Crippen molar-refractivity contribution in [1.82, 2.24) is 54.3 Å². The predicted octanol–water partition coefficient (Wildman–Crippen LogP) is 11.9. The topological polar surface area (TPSA) is 297 Å². The summed E-state index contributed by atoms with van der Waals surface area (Å²) >= 11 is 7.60. The first-order valence-electron chi connectivity index (χ1n) is 30.6. The summed E-state index contributed by atoms with van der Waals surface area (Å²) in [5.74, 6) is 2.20. The number of likely N-dealkylation sites (tertiary alicyclic amines) is 1. The summed E-state index contributed by atoms with van der Waals surface area (Å²) in [7, 11) is 5.40. The van der Waals surface area contributed by atoms with E-state index in [9.17, 15) is 32.8 Å². The standard InChI is InChI=1S/C26H26ClFN6O2.C23H18FN5OS.C20H19N7O2/c1-14-17(6-8-22(35)34-9-3-4-10-34)15(2)31-21(14)12-18-23-24(29-13-30-25(23)33-26(18)36)32-16-5-7-20(28)19(27)11-16;1-29-21(20-17-11-18(30)27-22(17)26-12-25-20)19(13-3-7-15(24)8-4-13)28-23(29)14-5-9-16(31-2)10-6-14;1-21-15-7-6-12(10-23-15)19(29)24-13-5-3-4-11(8-13)17-14-9-16(28)25-18(14)27-20(22-2)26-17/h5,7,11-13,31H,3-4,6,8-10H2,1-2H3,(H2,29,30,32,33,36);3-10,12H,11H2,1-2H3,(H,25,26,27,30);3-8,10H,9H2,1-2H3,(H,21,23)(H,24,29)(H2,22,25,26,27,28)/b18-12-;;. The van der Waals surface area contributed by atoms with Gasteiger partial charge in [-0.3, -0.25) is 24.0 Å². The molecule has 10 heterocycles. The van der Waals surface area contributed by atoms with Crippen LogP contribution in [0.1, 0.15) is 68.8 Å². The molecule has 4 aliphatic rings. The number of carbonyl (C=O) groups is 5. The molecule has 8 N–H and O–H groups in total. The van der Waals surface area contributed by atoms with Gasteiger partial charge in [0.25, 0.3) is 11.8 Å². The molecule has 0 atom stereocenters. The molecular formula is C69H63ClF2N18O5S. The van der Waals surface area contributed by atoms with Crippen LogP contribution < -0.4 is 37.2 Å². The Morgan fingerprint density at radius 2 is 1.44 bits per heavy atom. The fourth-order valence-electron chi connectivity index (χ4n) is 11.7. The minimum Gasteiger partial charge on any atom is -0.373 e. The number of nitrogens with zero attached hydrogens (tertiary/aromatic N) is 10. The van der Waals surface area contributed by atoms with Crippen molar-refractivity contribution in [1.29, 1.82) is 0 Å². The van der Waals surface area contributed by atoms with Crippen molar-refractivity contribution in [3.63, 3.8) is 0 Å². The maximum atomic E-state index is 13.6. The van der Waals surface area contributed by atoms with E-state index >= 15 is 0 Å². The molecule has 486 valence electrons. The van der Waals surface area contributed by atoms with Crippen molar-refractivity contribution < 1.29 is 32.8 Å². The number of anilines is 8. The molecule has 1 fully saturated rings. The average Bonchev–Trinajstić information content (AvgIpc) is 1.60. The van der Waals surface area contributed by atoms with E-state index in [-0.39, 0.29) is 53.2 Å². The van der Waals surface area contributed by atoms with E-state index in [4.69, 9.17) is 16.6 Å². The first-order valence-corrected chi connectivity index (χ1v) is 32.2. The number of imidazole rings is 1. The molecule has 0 bridgehead atoms. The van der Waals surface area contributed by atoms with E-state index in [1.807, 2.05) is 66.9 Å². The van der Waals surface area contributed by atoms with Crippen LogP contribution in [-0.4, -0.2) is 117 Å². The lowest BCUT2D eigenvalue weighted by molar-refractivity contribution is -0.130. The van der Waals surface area contributed by atoms with Crippen molar-refractivity contribution in [3.05, 3.63) is 183 Å². The normalized spacial score (nSPS) is 13.7. The molecule has 5 amide bonds. The van der Waals surface area contributed by atoms with Gasteiger partial charge in [-0.05, 0) is 135 Å². The maximum Gasteiger partial charge on any atom is 0.257 e. The van der Waals surface area contributed by atoms with Crippen LogP contribution in [0.4, 0.5) is 55.2 Å². The number of carbonyl (C=O) groups excluding carboxylic acids is 5. The highest BCUT2D eigenvalue weighted by molar-refractivity contribution is 7.98. The quantitative estimate of drug-likeness (QED) is 0.0349. The van der Waals surface area contributed by atoms with Gasteiger partial charge in [-0.15, -0.1) is 11.8 Å². The summed E-state index contributed by atoms with van der Waals surface area (Å²) in [6.07, 6.45) is 11.8. The molecule has 0 aliphatic carbocycles. The summed E-state index contributed by atoms with van der Waals surface area (Å²) in [4.78, 5) is 103. The van der Waals surface area contributed by atoms with Crippen molar-refractivity contribution in [2.24, 2.45) is 7.05 Å². The smallest absolute Gasteiger partial charge is 0.257 e. The van der Waals surface area contributed by atoms with Crippen LogP contribution in [0, 0.1) is 25.5 Å². The highest BCUT2D eigenvalue weighted by Gasteiger charge is 2.32. The highest BCUT2D eigenvalue weighted by Crippen LogP contribution is 2.41. The molecule has 96 heavy (non-hydrogen) atoms. The van der Waals surface area contributed by atoms with E-state index in [1.54, 1.807) is 62.3 Å². The first-order chi connectivity index (χ1) is 46.4. The molecular weight excluding hydrogens is 1270 g/mol. The number of pyridine rings is 1. The van der Waals surface area contributed by atoms with Gasteiger partial charge in [-0.1, -0.05) is 35.9 Å². The van der Waals surface area contributed by atoms with E-state index in [0.717, 1.165) is 92.7 Å². The number of rotatable bonds is 15. The van der Waals surface area contributed by atoms with E-state index in [0.29, 0.717) is 93.0 Å². The number of benzene rings is 4. The van der Waals surface area contributed by atoms with E-state index in [2.05, 4.69) is 89.2 Å². The Balaban J connectivity index is 0.000000139. The van der Waals surface area contributed by atoms with Gasteiger partial charge in [0.1, 0.15) is 59.2 Å². The van der Waals surface area contributed by atoms with Crippen LogP contribution in [0.25, 0.3) is 56.9 Å². The van der Waals surface area contributed by atoms with Crippen molar-refractivity contribution >= 4 is 111 Å². The molecule has 6 aromatic heterocycles. The lowest BCUT2D eigenvalue weighted by Gasteiger charge is -2.15. The third kappa shape index (κ3) is 13.9. The number of aromatic amines is 1. The second-order valence-electron chi connectivity index (χ2n) is 22.7. The Morgan fingerprint density at radius 3 is 2.15 bits per heavy atom. The van der Waals surface area contributed by atoms with Crippen molar-refractivity contribution in [3.8, 4) is 45.3 Å². The minimum atomic E-state index is -0.525. The summed E-state index contributed by atoms with van der Waals surface area (Å²) < 4.78 is 29.1. The zero-order valence-corrected chi connectivity index (χ0v) is 54.4. The van der Waals surface area contributed by atoms with Crippen molar-refractivity contribution in [2.75, 3.05) is 70.7 Å². The van der Waals surface area contributed by atoms with Gasteiger partial charge in [0.15, 0.2) is 0 Å². The number of fused-ring (bicyclic) bond motifs is 3. The highest BCUT2D eigenvalue weighted by atomic mass is 35.5. The van der Waals surface area contributed by atoms with Crippen LogP contribution in [0.15, 0.2) is 127 Å². The number of hydrogen-bond donors (Lipinski definition) is 8. The third-order valence-corrected chi connectivity index (χ3v) is 17.6. The second-order valence-corrected chi connectivity index (χ2v) is 24.0. The van der Waals surface area contributed by atoms with Crippen LogP contribution in [-0.2, 0) is 45.5 Å². The average molecular weight is 1330 g/mol. The monoisotopic (exact) mass is 1330 g/mol. The van der Waals surface area contributed by atoms with Crippen LogP contribution in [0.2, 0.25) is 5.02 Å². The Labute approximate surface area is 558 Å². The van der Waals surface area contributed by atoms with Crippen molar-refractivity contribution in [2.45, 2.75) is 57.3 Å². The largest absolute Gasteiger partial charge is 0.373 e. The maximum absolute atomic E-state index is 13.6. The number of thioether (sulfide) groups is 1. The lowest BCUT2D eigenvalue weighted by atomic mass is 10.0. The minimum absolute atomic E-state index is 0.0242. The molecule has 14 rings (SSSR count). The van der Waals surface area contributed by atoms with Gasteiger partial charge >= 0.3 is 0 Å². The lowest BCUT2D eigenvalue weighted by Crippen LogP contribution is -2.27. The molecule has 27 heteroatoms. The summed E-state index contributed by atoms with van der Waals surface area (Å²) in [5, 5.41) is 20.1. The van der Waals surface area contributed by atoms with Gasteiger partial charge in [0.05, 0.1) is 57.3 Å². The van der Waals surface area contributed by atoms with Gasteiger partial charge in [0.2, 0.25) is 23.7 Å². The summed E-state index contributed by atoms with van der Waals surface area (Å²) in [5.41, 5.74) is 13.0. The van der Waals surface area contributed by atoms with Crippen LogP contribution in [0.5, 0.6) is 0 Å². The zero-order chi connectivity index (χ0) is 67.3. The number of aromatic nitrogens is 10. The number of nitrogens with one attached hydrogen (secondary N) is 8. The van der Waals surface area contributed by atoms with E-state index < -0.39 is 5.82 Å². The Morgan fingerprint density at radius 1 is 0.719 bits per heavy atom. The SMILES string of the molecule is CNc1ccc(C(=O)Nc2cccc(-c3nc(NC)nc4c3CC(=O)N4)c2)cn1.CSc1ccc(-c2nc(-c3ccc(F)cc3)c(-c3ncnc4c3CC(=O)N4)n2C)cc1.Cc1[nH]c(/C=C2\C(=O)Nc3ncnc(Nc4ccc(F)c(Cl)c4)c32)c(C)c1CCC(=O)N1CCCC1. The molecule has 23 nitrogen and oxygen atoms in total. The van der Waals surface area contributed by atoms with Crippen LogP contribution >= 0.6 is 23.4 Å². The van der Waals surface area contributed by atoms with Gasteiger partial charge in [-0.2, -0.15) is 4.98 Å². The summed E-state index contributed by atoms with van der Waals surface area (Å²) in [6, 6.07) is 29.4. The number of aryl methyl sites for hydroxylation is 1. The van der Waals surface area contributed by atoms with E-state index in [1.165, 1.54) is 49.2 Å². The molecule has 4 aliphatic heterocycles. The van der Waals surface area contributed by atoms with Gasteiger partial charge < -0.3 is 51.7 Å². The molecule has 0 spiro atoms. The second kappa shape index (κ2) is 28.1. The number of amides is 5. The van der Waals surface area contributed by atoms with Gasteiger partial charge in [-0.25, -0.2) is 43.7 Å². The molecule has 1 saturated heterocycles. The number of halogens is 3. The number of H-pyrrole nitrogens is 1. The third-order valence-electron chi connectivity index (χ3n) is 16.6. The molecule has 0 radical (unpaired) electrons. The first kappa shape index (κ1) is 64.8. The summed E-state index contributed by atoms with van der Waals surface area (Å²) in [6.45, 7) is 5.65. The fraction of sp³-hybridized carbons (Fsp3) is 0.203. The molecule has 0 unspecified atom stereocenters. The fourth-order valence-corrected chi connectivity index (χ4v) is 12.3.